The van der Waals surface area contributed by atoms with E-state index in [0.29, 0.717) is 11.9 Å². The van der Waals surface area contributed by atoms with Gasteiger partial charge < -0.3 is 10.4 Å². The summed E-state index contributed by atoms with van der Waals surface area (Å²) < 4.78 is 24.3. The maximum absolute atomic E-state index is 12.2. The van der Waals surface area contributed by atoms with Crippen molar-refractivity contribution >= 4 is 27.4 Å². The summed E-state index contributed by atoms with van der Waals surface area (Å²) in [4.78, 5) is 11.6. The molecule has 154 valence electrons. The van der Waals surface area contributed by atoms with E-state index in [-0.39, 0.29) is 5.75 Å². The van der Waals surface area contributed by atoms with Gasteiger partial charge in [-0.25, -0.2) is 18.7 Å². The van der Waals surface area contributed by atoms with Crippen LogP contribution in [0, 0.1) is 25.5 Å². The average molecular weight is 426 g/mol. The summed E-state index contributed by atoms with van der Waals surface area (Å²) in [6.07, 6.45) is 2.42. The molecule has 2 aromatic heterocycles. The van der Waals surface area contributed by atoms with Crippen LogP contribution in [0.15, 0.2) is 48.5 Å². The van der Waals surface area contributed by atoms with Gasteiger partial charge in [0.05, 0.1) is 5.39 Å². The fourth-order valence-corrected chi connectivity index (χ4v) is 3.79. The first-order valence-corrected chi connectivity index (χ1v) is 10.5. The highest BCUT2D eigenvalue weighted by molar-refractivity contribution is 7.18. The van der Waals surface area contributed by atoms with E-state index in [1.807, 2.05) is 12.1 Å². The van der Waals surface area contributed by atoms with E-state index in [2.05, 4.69) is 23.3 Å². The highest BCUT2D eigenvalue weighted by Crippen LogP contribution is 2.34. The second kappa shape index (κ2) is 8.36. The van der Waals surface area contributed by atoms with Crippen molar-refractivity contribution in [2.24, 2.45) is 0 Å². The fourth-order valence-electron chi connectivity index (χ4n) is 2.91. The minimum Gasteiger partial charge on any atom is -0.508 e. The first kappa shape index (κ1) is 20.2. The largest absolute Gasteiger partial charge is 0.508 e. The van der Waals surface area contributed by atoms with Crippen LogP contribution in [0.2, 0.25) is 0 Å². The summed E-state index contributed by atoms with van der Waals surface area (Å²) >= 11 is 1.69. The molecule has 5 rings (SSSR count). The second-order valence-corrected chi connectivity index (χ2v) is 8.59. The summed E-state index contributed by atoms with van der Waals surface area (Å²) in [5.41, 5.74) is 1.65. The number of fused-ring (bicyclic) bond motifs is 1. The Morgan fingerprint density at radius 3 is 2.33 bits per heavy atom. The molecule has 30 heavy (non-hydrogen) atoms. The number of aromatic nitrogens is 2. The van der Waals surface area contributed by atoms with Gasteiger partial charge in [-0.2, -0.15) is 0 Å². The molecule has 0 spiro atoms. The molecule has 1 saturated carbocycles. The highest BCUT2D eigenvalue weighted by Gasteiger charge is 2.23. The standard InChI is InChI=1S/C16H15N3OS.C7H6F2/c1-9-8-13-15(17-11-4-5-11)18-14(19-16(13)21-9)10-2-6-12(20)7-3-10;1-5-2-3-6(8)7(9)4-5/h2-3,6-8,11,20H,4-5H2,1H3,(H,17,18,19);2-4H,1H3. The molecule has 0 atom stereocenters. The molecule has 0 aliphatic heterocycles. The van der Waals surface area contributed by atoms with E-state index in [0.717, 1.165) is 39.3 Å². The number of phenolic OH excluding ortho intramolecular Hbond substituents is 1. The van der Waals surface area contributed by atoms with Crippen LogP contribution in [-0.2, 0) is 0 Å². The number of hydrogen-bond donors (Lipinski definition) is 2. The lowest BCUT2D eigenvalue weighted by atomic mass is 10.2. The Bertz CT molecular complexity index is 1190. The maximum atomic E-state index is 12.2. The molecular weight excluding hydrogens is 404 g/mol. The van der Waals surface area contributed by atoms with Crippen LogP contribution in [0.25, 0.3) is 21.6 Å². The average Bonchev–Trinajstić information content (AvgIpc) is 3.44. The van der Waals surface area contributed by atoms with Gasteiger partial charge in [0, 0.05) is 16.5 Å². The predicted octanol–water partition coefficient (Wildman–Crippen LogP) is 6.22. The van der Waals surface area contributed by atoms with Crippen molar-refractivity contribution in [2.45, 2.75) is 32.7 Å². The number of nitrogens with one attached hydrogen (secondary N) is 1. The Labute approximate surface area is 177 Å². The van der Waals surface area contributed by atoms with Gasteiger partial charge in [0.1, 0.15) is 16.4 Å². The number of phenols is 1. The number of aryl methyl sites for hydroxylation is 2. The van der Waals surface area contributed by atoms with Gasteiger partial charge in [-0.15, -0.1) is 11.3 Å². The third-order valence-corrected chi connectivity index (χ3v) is 5.58. The van der Waals surface area contributed by atoms with Crippen LogP contribution in [-0.4, -0.2) is 21.1 Å². The molecule has 0 bridgehead atoms. The monoisotopic (exact) mass is 425 g/mol. The molecule has 7 heteroatoms. The second-order valence-electron chi connectivity index (χ2n) is 7.35. The Morgan fingerprint density at radius 2 is 1.70 bits per heavy atom. The molecule has 1 aliphatic rings. The van der Waals surface area contributed by atoms with Gasteiger partial charge >= 0.3 is 0 Å². The molecule has 2 N–H and O–H groups in total. The van der Waals surface area contributed by atoms with E-state index in [1.54, 1.807) is 30.4 Å². The Kier molecular flexibility index (Phi) is 5.63. The Morgan fingerprint density at radius 1 is 0.967 bits per heavy atom. The van der Waals surface area contributed by atoms with Crippen LogP contribution in [0.5, 0.6) is 5.75 Å². The van der Waals surface area contributed by atoms with E-state index in [1.165, 1.54) is 23.8 Å². The Balaban J connectivity index is 0.000000204. The number of halogens is 2. The molecule has 2 aromatic carbocycles. The van der Waals surface area contributed by atoms with Gasteiger partial charge in [0.2, 0.25) is 0 Å². The summed E-state index contributed by atoms with van der Waals surface area (Å²) in [7, 11) is 0. The Hall–Kier alpha value is -3.06. The number of hydrogen-bond acceptors (Lipinski definition) is 5. The number of nitrogens with zero attached hydrogens (tertiary/aromatic N) is 2. The summed E-state index contributed by atoms with van der Waals surface area (Å²) in [6.45, 7) is 3.80. The summed E-state index contributed by atoms with van der Waals surface area (Å²) in [5, 5.41) is 14.0. The molecular formula is C23H21F2N3OS. The quantitative estimate of drug-likeness (QED) is 0.409. The summed E-state index contributed by atoms with van der Waals surface area (Å²) in [5.74, 6) is 0.307. The van der Waals surface area contributed by atoms with Gasteiger partial charge in [0.15, 0.2) is 17.5 Å². The van der Waals surface area contributed by atoms with E-state index < -0.39 is 11.6 Å². The van der Waals surface area contributed by atoms with Crippen molar-refractivity contribution in [1.29, 1.82) is 0 Å². The van der Waals surface area contributed by atoms with Crippen molar-refractivity contribution in [3.05, 3.63) is 70.6 Å². The van der Waals surface area contributed by atoms with Crippen LogP contribution < -0.4 is 5.32 Å². The van der Waals surface area contributed by atoms with E-state index >= 15 is 0 Å². The van der Waals surface area contributed by atoms with Gasteiger partial charge in [-0.3, -0.25) is 0 Å². The molecule has 0 saturated heterocycles. The van der Waals surface area contributed by atoms with Crippen molar-refractivity contribution < 1.29 is 13.9 Å². The first-order valence-electron chi connectivity index (χ1n) is 9.65. The minimum atomic E-state index is -0.791. The number of rotatable bonds is 3. The molecule has 2 heterocycles. The van der Waals surface area contributed by atoms with Crippen molar-refractivity contribution in [1.82, 2.24) is 9.97 Å². The lowest BCUT2D eigenvalue weighted by Gasteiger charge is -2.08. The molecule has 0 unspecified atom stereocenters. The molecule has 0 radical (unpaired) electrons. The van der Waals surface area contributed by atoms with Gasteiger partial charge in [-0.1, -0.05) is 6.07 Å². The van der Waals surface area contributed by atoms with Crippen LogP contribution in [0.4, 0.5) is 14.6 Å². The third kappa shape index (κ3) is 4.74. The zero-order chi connectivity index (χ0) is 21.3. The predicted molar refractivity (Wildman–Crippen MR) is 117 cm³/mol. The highest BCUT2D eigenvalue weighted by atomic mass is 32.1. The minimum absolute atomic E-state index is 0.253. The van der Waals surface area contributed by atoms with Crippen LogP contribution in [0.1, 0.15) is 23.3 Å². The van der Waals surface area contributed by atoms with Crippen molar-refractivity contribution in [3.8, 4) is 17.1 Å². The van der Waals surface area contributed by atoms with Crippen molar-refractivity contribution in [2.75, 3.05) is 5.32 Å². The molecule has 0 amide bonds. The zero-order valence-electron chi connectivity index (χ0n) is 16.6. The number of benzene rings is 2. The van der Waals surface area contributed by atoms with Gasteiger partial charge in [-0.05, 0) is 74.7 Å². The lowest BCUT2D eigenvalue weighted by Crippen LogP contribution is -2.04. The zero-order valence-corrected chi connectivity index (χ0v) is 17.4. The molecule has 1 aliphatic carbocycles. The van der Waals surface area contributed by atoms with Crippen molar-refractivity contribution in [3.63, 3.8) is 0 Å². The fraction of sp³-hybridized carbons (Fsp3) is 0.217. The number of anilines is 1. The van der Waals surface area contributed by atoms with E-state index in [4.69, 9.17) is 4.98 Å². The third-order valence-electron chi connectivity index (χ3n) is 4.63. The maximum Gasteiger partial charge on any atom is 0.163 e. The number of aromatic hydroxyl groups is 1. The molecule has 1 fully saturated rings. The summed E-state index contributed by atoms with van der Waals surface area (Å²) in [6, 6.07) is 13.5. The topological polar surface area (TPSA) is 58.0 Å². The lowest BCUT2D eigenvalue weighted by molar-refractivity contribution is 0.475. The van der Waals surface area contributed by atoms with Crippen LogP contribution in [0.3, 0.4) is 0 Å². The number of thiophene rings is 1. The first-order chi connectivity index (χ1) is 14.4. The molecule has 4 nitrogen and oxygen atoms in total. The SMILES string of the molecule is Cc1cc2c(NC3CC3)nc(-c3ccc(O)cc3)nc2s1.Cc1ccc(F)c(F)c1. The van der Waals surface area contributed by atoms with Crippen LogP contribution >= 0.6 is 11.3 Å². The smallest absolute Gasteiger partial charge is 0.163 e. The normalized spacial score (nSPS) is 13.1. The van der Waals surface area contributed by atoms with E-state index in [9.17, 15) is 13.9 Å². The van der Waals surface area contributed by atoms with Gasteiger partial charge in [0.25, 0.3) is 0 Å². The molecule has 4 aromatic rings.